The first-order chi connectivity index (χ1) is 13.5. The van der Waals surface area contributed by atoms with E-state index in [-0.39, 0.29) is 0 Å². The molecule has 6 heteroatoms. The van der Waals surface area contributed by atoms with Crippen LogP contribution in [0.2, 0.25) is 0 Å². The Morgan fingerprint density at radius 1 is 0.750 bits per heavy atom. The van der Waals surface area contributed by atoms with Gasteiger partial charge in [-0.05, 0) is 28.8 Å². The van der Waals surface area contributed by atoms with Crippen molar-refractivity contribution in [3.05, 3.63) is 103 Å². The molecule has 0 atom stereocenters. The van der Waals surface area contributed by atoms with Crippen molar-refractivity contribution >= 4 is 24.1 Å². The molecule has 3 aromatic carbocycles. The SMILES string of the molecule is FC(F)(F)c1cccc(-n2ccnc2P(c2ccccc2)c2ccccc2)c1. The molecule has 0 aliphatic rings. The second kappa shape index (κ2) is 7.61. The van der Waals surface area contributed by atoms with Gasteiger partial charge in [-0.2, -0.15) is 13.2 Å². The number of benzene rings is 3. The van der Waals surface area contributed by atoms with Crippen LogP contribution in [0.5, 0.6) is 0 Å². The Bertz CT molecular complexity index is 1020. The highest BCUT2D eigenvalue weighted by atomic mass is 31.1. The van der Waals surface area contributed by atoms with Crippen molar-refractivity contribution in [2.75, 3.05) is 0 Å². The molecule has 0 aliphatic heterocycles. The maximum Gasteiger partial charge on any atom is 0.416 e. The molecule has 0 amide bonds. The Hall–Kier alpha value is -2.91. The third-order valence-corrected chi connectivity index (χ3v) is 6.66. The molecule has 0 saturated carbocycles. The van der Waals surface area contributed by atoms with E-state index in [0.29, 0.717) is 5.69 Å². The van der Waals surface area contributed by atoms with Crippen LogP contribution >= 0.6 is 7.92 Å². The average molecular weight is 396 g/mol. The minimum Gasteiger partial charge on any atom is -0.300 e. The molecule has 2 nitrogen and oxygen atoms in total. The summed E-state index contributed by atoms with van der Waals surface area (Å²) in [7, 11) is -1.02. The molecule has 0 bridgehead atoms. The number of hydrogen-bond donors (Lipinski definition) is 0. The van der Waals surface area contributed by atoms with E-state index < -0.39 is 19.7 Å². The summed E-state index contributed by atoms with van der Waals surface area (Å²) >= 11 is 0. The highest BCUT2D eigenvalue weighted by molar-refractivity contribution is 7.79. The summed E-state index contributed by atoms with van der Waals surface area (Å²) in [5.41, 5.74) is 0.502. The molecule has 0 N–H and O–H groups in total. The second-order valence-electron chi connectivity index (χ2n) is 6.15. The van der Waals surface area contributed by atoms with Gasteiger partial charge in [0.05, 0.1) is 5.56 Å². The lowest BCUT2D eigenvalue weighted by Gasteiger charge is -2.20. The van der Waals surface area contributed by atoms with Crippen molar-refractivity contribution in [2.24, 2.45) is 0 Å². The van der Waals surface area contributed by atoms with Crippen LogP contribution in [0.15, 0.2) is 97.3 Å². The molecule has 140 valence electrons. The van der Waals surface area contributed by atoms with E-state index in [1.165, 1.54) is 6.07 Å². The topological polar surface area (TPSA) is 17.8 Å². The number of halogens is 3. The Morgan fingerprint density at radius 2 is 1.36 bits per heavy atom. The van der Waals surface area contributed by atoms with Gasteiger partial charge in [-0.3, -0.25) is 4.57 Å². The Morgan fingerprint density at radius 3 is 1.93 bits per heavy atom. The van der Waals surface area contributed by atoms with Gasteiger partial charge in [-0.25, -0.2) is 4.98 Å². The molecule has 0 unspecified atom stereocenters. The summed E-state index contributed by atoms with van der Waals surface area (Å²) in [4.78, 5) is 4.55. The zero-order chi connectivity index (χ0) is 19.6. The third-order valence-electron chi connectivity index (χ3n) is 4.30. The van der Waals surface area contributed by atoms with E-state index >= 15 is 0 Å². The summed E-state index contributed by atoms with van der Waals surface area (Å²) in [6, 6.07) is 25.2. The summed E-state index contributed by atoms with van der Waals surface area (Å²) in [6.07, 6.45) is -1.04. The fourth-order valence-electron chi connectivity index (χ4n) is 3.03. The highest BCUT2D eigenvalue weighted by Gasteiger charge is 2.31. The zero-order valence-electron chi connectivity index (χ0n) is 14.7. The number of hydrogen-bond acceptors (Lipinski definition) is 1. The molecule has 1 heterocycles. The zero-order valence-corrected chi connectivity index (χ0v) is 15.6. The molecule has 4 aromatic rings. The van der Waals surface area contributed by atoms with Crippen LogP contribution < -0.4 is 16.2 Å². The van der Waals surface area contributed by atoms with E-state index in [1.54, 1.807) is 23.0 Å². The molecule has 0 spiro atoms. The number of imidazole rings is 1. The first kappa shape index (κ1) is 18.5. The van der Waals surface area contributed by atoms with Crippen molar-refractivity contribution in [3.8, 4) is 5.69 Å². The predicted molar refractivity (Wildman–Crippen MR) is 107 cm³/mol. The lowest BCUT2D eigenvalue weighted by atomic mass is 10.2. The molecule has 28 heavy (non-hydrogen) atoms. The van der Waals surface area contributed by atoms with Crippen LogP contribution in [0, 0.1) is 0 Å². The van der Waals surface area contributed by atoms with Gasteiger partial charge >= 0.3 is 6.18 Å². The Balaban J connectivity index is 1.86. The van der Waals surface area contributed by atoms with Gasteiger partial charge in [0, 0.05) is 26.0 Å². The largest absolute Gasteiger partial charge is 0.416 e. The number of alkyl halides is 3. The standard InChI is InChI=1S/C22H16F3N2P/c23-22(24,25)17-8-7-9-18(16-17)27-15-14-26-21(27)28(19-10-3-1-4-11-19)20-12-5-2-6-13-20/h1-16H. The van der Waals surface area contributed by atoms with E-state index in [9.17, 15) is 13.2 Å². The molecule has 0 saturated heterocycles. The van der Waals surface area contributed by atoms with Gasteiger partial charge in [0.15, 0.2) is 0 Å². The van der Waals surface area contributed by atoms with Gasteiger partial charge in [0.2, 0.25) is 0 Å². The van der Waals surface area contributed by atoms with E-state index in [0.717, 1.165) is 28.3 Å². The van der Waals surface area contributed by atoms with Crippen LogP contribution in [-0.4, -0.2) is 9.55 Å². The van der Waals surface area contributed by atoms with Gasteiger partial charge < -0.3 is 0 Å². The maximum atomic E-state index is 13.2. The quantitative estimate of drug-likeness (QED) is 0.459. The van der Waals surface area contributed by atoms with Crippen molar-refractivity contribution in [2.45, 2.75) is 6.18 Å². The highest BCUT2D eigenvalue weighted by Crippen LogP contribution is 2.34. The Labute approximate surface area is 162 Å². The molecule has 0 radical (unpaired) electrons. The maximum absolute atomic E-state index is 13.2. The number of aromatic nitrogens is 2. The van der Waals surface area contributed by atoms with E-state index in [4.69, 9.17) is 0 Å². The van der Waals surface area contributed by atoms with Gasteiger partial charge in [0.1, 0.15) is 5.57 Å². The molecule has 0 aliphatic carbocycles. The number of nitrogens with zero attached hydrogens (tertiary/aromatic N) is 2. The number of rotatable bonds is 4. The van der Waals surface area contributed by atoms with Crippen LogP contribution in [0.25, 0.3) is 5.69 Å². The van der Waals surface area contributed by atoms with Crippen LogP contribution in [0.3, 0.4) is 0 Å². The first-order valence-electron chi connectivity index (χ1n) is 8.65. The van der Waals surface area contributed by atoms with Gasteiger partial charge in [0.25, 0.3) is 0 Å². The first-order valence-corrected chi connectivity index (χ1v) is 9.99. The molecule has 1 aromatic heterocycles. The van der Waals surface area contributed by atoms with Gasteiger partial charge in [-0.1, -0.05) is 66.7 Å². The van der Waals surface area contributed by atoms with Crippen molar-refractivity contribution in [3.63, 3.8) is 0 Å². The fourth-order valence-corrected chi connectivity index (χ4v) is 5.31. The molecule has 0 fully saturated rings. The molecule has 4 rings (SSSR count). The summed E-state index contributed by atoms with van der Waals surface area (Å²) < 4.78 is 41.3. The lowest BCUT2D eigenvalue weighted by Crippen LogP contribution is -2.27. The monoisotopic (exact) mass is 396 g/mol. The van der Waals surface area contributed by atoms with Crippen LogP contribution in [0.4, 0.5) is 13.2 Å². The van der Waals surface area contributed by atoms with Gasteiger partial charge in [-0.15, -0.1) is 0 Å². The summed E-state index contributed by atoms with van der Waals surface area (Å²) in [5.74, 6) is 0. The fraction of sp³-hybridized carbons (Fsp3) is 0.0455. The van der Waals surface area contributed by atoms with Crippen molar-refractivity contribution < 1.29 is 13.2 Å². The predicted octanol–water partition coefficient (Wildman–Crippen LogP) is 4.65. The third kappa shape index (κ3) is 3.71. The average Bonchev–Trinajstić information content (AvgIpc) is 3.19. The van der Waals surface area contributed by atoms with Crippen LogP contribution in [-0.2, 0) is 6.18 Å². The molecular weight excluding hydrogens is 380 g/mol. The minimum absolute atomic E-state index is 0.446. The Kier molecular flexibility index (Phi) is 5.01. The normalized spacial score (nSPS) is 11.7. The van der Waals surface area contributed by atoms with Crippen molar-refractivity contribution in [1.82, 2.24) is 9.55 Å². The smallest absolute Gasteiger partial charge is 0.300 e. The molecular formula is C22H16F3N2P. The van der Waals surface area contributed by atoms with Crippen LogP contribution in [0.1, 0.15) is 5.56 Å². The summed E-state index contributed by atoms with van der Waals surface area (Å²) in [6.45, 7) is 0. The minimum atomic E-state index is -4.39. The lowest BCUT2D eigenvalue weighted by molar-refractivity contribution is -0.137. The second-order valence-corrected chi connectivity index (χ2v) is 8.26. The van der Waals surface area contributed by atoms with Crippen molar-refractivity contribution in [1.29, 1.82) is 0 Å². The van der Waals surface area contributed by atoms with E-state index in [2.05, 4.69) is 4.98 Å². The summed E-state index contributed by atoms with van der Waals surface area (Å²) in [5, 5.41) is 2.17. The van der Waals surface area contributed by atoms with E-state index in [1.807, 2.05) is 60.7 Å².